The first-order chi connectivity index (χ1) is 10.4. The molecule has 0 spiro atoms. The molecule has 21 heavy (non-hydrogen) atoms. The van der Waals surface area contributed by atoms with E-state index >= 15 is 0 Å². The number of rotatable bonds is 6. The van der Waals surface area contributed by atoms with Crippen molar-refractivity contribution >= 4 is 11.8 Å². The molecule has 2 aromatic heterocycles. The van der Waals surface area contributed by atoms with Crippen molar-refractivity contribution in [2.24, 2.45) is 0 Å². The third kappa shape index (κ3) is 4.13. The van der Waals surface area contributed by atoms with E-state index in [-0.39, 0.29) is 0 Å². The molecule has 1 unspecified atom stereocenters. The molecule has 0 aliphatic carbocycles. The minimum absolute atomic E-state index is 0.299. The molecule has 110 valence electrons. The lowest BCUT2D eigenvalue weighted by molar-refractivity contribution is 0.120. The molecule has 1 fully saturated rings. The predicted octanol–water partition coefficient (Wildman–Crippen LogP) is 2.07. The van der Waals surface area contributed by atoms with Crippen LogP contribution < -0.4 is 10.6 Å². The van der Waals surface area contributed by atoms with Gasteiger partial charge in [-0.05, 0) is 36.6 Å². The van der Waals surface area contributed by atoms with Crippen LogP contribution in [-0.2, 0) is 11.3 Å². The fraction of sp³-hybridized carbons (Fsp3) is 0.400. The van der Waals surface area contributed by atoms with E-state index in [1.165, 1.54) is 0 Å². The Bertz CT molecular complexity index is 557. The molecular weight excluding hydrogens is 266 g/mol. The number of anilines is 2. The van der Waals surface area contributed by atoms with E-state index in [0.29, 0.717) is 18.6 Å². The molecule has 0 saturated carbocycles. The minimum atomic E-state index is 0.299. The first-order valence-corrected chi connectivity index (χ1v) is 7.21. The van der Waals surface area contributed by atoms with Gasteiger partial charge in [-0.15, -0.1) is 0 Å². The van der Waals surface area contributed by atoms with E-state index in [2.05, 4.69) is 25.6 Å². The van der Waals surface area contributed by atoms with Gasteiger partial charge in [0.05, 0.1) is 6.10 Å². The molecule has 1 saturated heterocycles. The fourth-order valence-electron chi connectivity index (χ4n) is 2.25. The number of nitrogens with one attached hydrogen (secondary N) is 2. The van der Waals surface area contributed by atoms with E-state index in [1.807, 2.05) is 18.2 Å². The van der Waals surface area contributed by atoms with E-state index < -0.39 is 0 Å². The molecule has 1 aliphatic heterocycles. The van der Waals surface area contributed by atoms with Crippen molar-refractivity contribution in [2.45, 2.75) is 25.5 Å². The Morgan fingerprint density at radius 1 is 1.14 bits per heavy atom. The standard InChI is InChI=1S/C15H19N5O/c1-2-13(21-9-1)11-18-14-5-8-17-15(20-14)19-10-12-3-6-16-7-4-12/h3-8,13H,1-2,9-11H2,(H2,17,18,19,20). The van der Waals surface area contributed by atoms with Gasteiger partial charge < -0.3 is 15.4 Å². The molecule has 0 radical (unpaired) electrons. The number of aromatic nitrogens is 3. The van der Waals surface area contributed by atoms with Gasteiger partial charge in [-0.3, -0.25) is 4.98 Å². The number of hydrogen-bond donors (Lipinski definition) is 2. The summed E-state index contributed by atoms with van der Waals surface area (Å²) in [6.45, 7) is 2.34. The maximum Gasteiger partial charge on any atom is 0.224 e. The Labute approximate surface area is 124 Å². The quantitative estimate of drug-likeness (QED) is 0.846. The molecule has 3 heterocycles. The first-order valence-electron chi connectivity index (χ1n) is 7.21. The van der Waals surface area contributed by atoms with E-state index in [0.717, 1.165) is 37.4 Å². The van der Waals surface area contributed by atoms with E-state index in [4.69, 9.17) is 4.74 Å². The Balaban J connectivity index is 1.52. The molecule has 1 aliphatic rings. The topological polar surface area (TPSA) is 72.0 Å². The van der Waals surface area contributed by atoms with Crippen molar-refractivity contribution in [3.63, 3.8) is 0 Å². The molecule has 0 bridgehead atoms. The Morgan fingerprint density at radius 3 is 2.86 bits per heavy atom. The Kier molecular flexibility index (Phi) is 4.58. The van der Waals surface area contributed by atoms with Crippen LogP contribution in [0.15, 0.2) is 36.8 Å². The lowest BCUT2D eigenvalue weighted by atomic mass is 10.2. The number of pyridine rings is 1. The van der Waals surface area contributed by atoms with Gasteiger partial charge in [-0.25, -0.2) is 4.98 Å². The summed E-state index contributed by atoms with van der Waals surface area (Å²) in [4.78, 5) is 12.7. The lowest BCUT2D eigenvalue weighted by Gasteiger charge is -2.12. The summed E-state index contributed by atoms with van der Waals surface area (Å²) in [5.74, 6) is 1.43. The van der Waals surface area contributed by atoms with Crippen LogP contribution in [0.25, 0.3) is 0 Å². The fourth-order valence-corrected chi connectivity index (χ4v) is 2.25. The van der Waals surface area contributed by atoms with Gasteiger partial charge in [0.25, 0.3) is 0 Å². The van der Waals surface area contributed by atoms with Gasteiger partial charge in [0, 0.05) is 38.3 Å². The summed E-state index contributed by atoms with van der Waals surface area (Å²) < 4.78 is 5.58. The molecule has 3 rings (SSSR count). The van der Waals surface area contributed by atoms with Crippen LogP contribution in [0, 0.1) is 0 Å². The molecule has 6 nitrogen and oxygen atoms in total. The van der Waals surface area contributed by atoms with Gasteiger partial charge in [0.2, 0.25) is 5.95 Å². The van der Waals surface area contributed by atoms with Gasteiger partial charge in [0.15, 0.2) is 0 Å². The summed E-state index contributed by atoms with van der Waals surface area (Å²) in [7, 11) is 0. The normalized spacial score (nSPS) is 17.6. The van der Waals surface area contributed by atoms with Crippen LogP contribution >= 0.6 is 0 Å². The van der Waals surface area contributed by atoms with Crippen LogP contribution in [0.1, 0.15) is 18.4 Å². The van der Waals surface area contributed by atoms with Crippen LogP contribution in [0.5, 0.6) is 0 Å². The maximum atomic E-state index is 5.58. The molecule has 0 amide bonds. The zero-order valence-corrected chi connectivity index (χ0v) is 11.8. The van der Waals surface area contributed by atoms with Crippen molar-refractivity contribution < 1.29 is 4.74 Å². The third-order valence-electron chi connectivity index (χ3n) is 3.39. The van der Waals surface area contributed by atoms with Crippen LogP contribution in [0.2, 0.25) is 0 Å². The zero-order chi connectivity index (χ0) is 14.3. The molecular formula is C15H19N5O. The molecule has 2 N–H and O–H groups in total. The molecule has 2 aromatic rings. The third-order valence-corrected chi connectivity index (χ3v) is 3.39. The highest BCUT2D eigenvalue weighted by molar-refractivity contribution is 5.40. The van der Waals surface area contributed by atoms with Crippen molar-refractivity contribution in [2.75, 3.05) is 23.8 Å². The second-order valence-electron chi connectivity index (χ2n) is 4.99. The largest absolute Gasteiger partial charge is 0.376 e. The number of nitrogens with zero attached hydrogens (tertiary/aromatic N) is 3. The van der Waals surface area contributed by atoms with Crippen molar-refractivity contribution in [1.29, 1.82) is 0 Å². The van der Waals surface area contributed by atoms with Crippen LogP contribution in [0.4, 0.5) is 11.8 Å². The highest BCUT2D eigenvalue weighted by atomic mass is 16.5. The van der Waals surface area contributed by atoms with Crippen LogP contribution in [-0.4, -0.2) is 34.2 Å². The second-order valence-corrected chi connectivity index (χ2v) is 4.99. The highest BCUT2D eigenvalue weighted by Gasteiger charge is 2.14. The van der Waals surface area contributed by atoms with Gasteiger partial charge in [0.1, 0.15) is 5.82 Å². The van der Waals surface area contributed by atoms with Gasteiger partial charge >= 0.3 is 0 Å². The smallest absolute Gasteiger partial charge is 0.224 e. The van der Waals surface area contributed by atoms with Crippen LogP contribution in [0.3, 0.4) is 0 Å². The van der Waals surface area contributed by atoms with E-state index in [9.17, 15) is 0 Å². The second kappa shape index (κ2) is 6.99. The van der Waals surface area contributed by atoms with Gasteiger partial charge in [-0.1, -0.05) is 0 Å². The lowest BCUT2D eigenvalue weighted by Crippen LogP contribution is -2.19. The average molecular weight is 285 g/mol. The molecule has 6 heteroatoms. The van der Waals surface area contributed by atoms with Crippen molar-refractivity contribution in [1.82, 2.24) is 15.0 Å². The molecule has 0 aromatic carbocycles. The summed E-state index contributed by atoms with van der Waals surface area (Å²) >= 11 is 0. The first kappa shape index (κ1) is 13.8. The van der Waals surface area contributed by atoms with Gasteiger partial charge in [-0.2, -0.15) is 4.98 Å². The highest BCUT2D eigenvalue weighted by Crippen LogP contribution is 2.13. The number of hydrogen-bond acceptors (Lipinski definition) is 6. The SMILES string of the molecule is c1cc(CNc2nccc(NCC3CCCO3)n2)ccn1. The minimum Gasteiger partial charge on any atom is -0.376 e. The average Bonchev–Trinajstić information content (AvgIpc) is 3.06. The summed E-state index contributed by atoms with van der Waals surface area (Å²) in [5.41, 5.74) is 1.14. The van der Waals surface area contributed by atoms with E-state index in [1.54, 1.807) is 18.6 Å². The summed E-state index contributed by atoms with van der Waals surface area (Å²) in [6, 6.07) is 5.80. The monoisotopic (exact) mass is 285 g/mol. The summed E-state index contributed by atoms with van der Waals surface area (Å²) in [5, 5.41) is 6.51. The Morgan fingerprint density at radius 2 is 2.05 bits per heavy atom. The summed E-state index contributed by atoms with van der Waals surface area (Å²) in [6.07, 6.45) is 7.86. The van der Waals surface area contributed by atoms with Crippen molar-refractivity contribution in [3.05, 3.63) is 42.4 Å². The predicted molar refractivity (Wildman–Crippen MR) is 81.1 cm³/mol. The molecule has 1 atom stereocenters. The number of ether oxygens (including phenoxy) is 1. The zero-order valence-electron chi connectivity index (χ0n) is 11.8. The maximum absolute atomic E-state index is 5.58. The Hall–Kier alpha value is -2.21. The van der Waals surface area contributed by atoms with Crippen molar-refractivity contribution in [3.8, 4) is 0 Å².